The van der Waals surface area contributed by atoms with Crippen molar-refractivity contribution < 1.29 is 0 Å². The molecule has 0 amide bonds. The largest absolute Gasteiger partial charge is 0.0847 e. The van der Waals surface area contributed by atoms with Crippen LogP contribution in [0.4, 0.5) is 0 Å². The van der Waals surface area contributed by atoms with Gasteiger partial charge in [-0.05, 0) is 61.2 Å². The highest BCUT2D eigenvalue weighted by Crippen LogP contribution is 2.77. The molecule has 0 heterocycles. The van der Waals surface area contributed by atoms with Crippen molar-refractivity contribution in [1.82, 2.24) is 0 Å². The van der Waals surface area contributed by atoms with Crippen LogP contribution in [0.5, 0.6) is 0 Å². The number of hydrogen-bond acceptors (Lipinski definition) is 0. The minimum absolute atomic E-state index is 0.747. The molecule has 84 valence electrons. The van der Waals surface area contributed by atoms with E-state index in [1.54, 1.807) is 5.57 Å². The van der Waals surface area contributed by atoms with Crippen molar-refractivity contribution in [1.29, 1.82) is 0 Å². The van der Waals surface area contributed by atoms with Crippen molar-refractivity contribution >= 4 is 0 Å². The van der Waals surface area contributed by atoms with Gasteiger partial charge >= 0.3 is 0 Å². The predicted octanol–water partition coefficient (Wildman–Crippen LogP) is 4.27. The standard InChI is InChI=1S/C15H24/c1-9(2)12-6-5-11(4)15-8-7-10(3)13(15)14(12)15/h7,9,11-14H,5-6,8H2,1-4H3/t11-,12+,13-,14-,15?/m1/s1. The second kappa shape index (κ2) is 2.90. The molecule has 0 aromatic carbocycles. The van der Waals surface area contributed by atoms with Gasteiger partial charge in [-0.2, -0.15) is 0 Å². The quantitative estimate of drug-likeness (QED) is 0.559. The maximum absolute atomic E-state index is 2.53. The number of rotatable bonds is 1. The highest BCUT2D eigenvalue weighted by molar-refractivity contribution is 5.35. The molecule has 15 heavy (non-hydrogen) atoms. The van der Waals surface area contributed by atoms with Gasteiger partial charge in [0.25, 0.3) is 0 Å². The third-order valence-electron chi connectivity index (χ3n) is 5.89. The van der Waals surface area contributed by atoms with Crippen molar-refractivity contribution in [3.05, 3.63) is 11.6 Å². The second-order valence-electron chi connectivity index (χ2n) is 6.65. The van der Waals surface area contributed by atoms with Crippen molar-refractivity contribution in [2.45, 2.75) is 47.0 Å². The monoisotopic (exact) mass is 204 g/mol. The van der Waals surface area contributed by atoms with E-state index in [1.165, 1.54) is 19.3 Å². The van der Waals surface area contributed by atoms with Crippen LogP contribution in [-0.4, -0.2) is 0 Å². The van der Waals surface area contributed by atoms with Gasteiger partial charge in [0.2, 0.25) is 0 Å². The minimum atomic E-state index is 0.747. The summed E-state index contributed by atoms with van der Waals surface area (Å²) in [5.74, 6) is 4.96. The first-order valence-corrected chi connectivity index (χ1v) is 6.75. The molecule has 3 rings (SSSR count). The van der Waals surface area contributed by atoms with Crippen LogP contribution >= 0.6 is 0 Å². The van der Waals surface area contributed by atoms with Gasteiger partial charge < -0.3 is 0 Å². The zero-order valence-electron chi connectivity index (χ0n) is 10.6. The van der Waals surface area contributed by atoms with Gasteiger partial charge in [0.05, 0.1) is 0 Å². The lowest BCUT2D eigenvalue weighted by Crippen LogP contribution is -2.27. The first-order chi connectivity index (χ1) is 7.09. The van der Waals surface area contributed by atoms with E-state index >= 15 is 0 Å². The molecule has 0 nitrogen and oxygen atoms in total. The molecule has 0 N–H and O–H groups in total. The summed E-state index contributed by atoms with van der Waals surface area (Å²) in [5, 5.41) is 0. The summed E-state index contributed by atoms with van der Waals surface area (Å²) in [5.41, 5.74) is 2.47. The van der Waals surface area contributed by atoms with E-state index in [4.69, 9.17) is 0 Å². The average molecular weight is 204 g/mol. The smallest absolute Gasteiger partial charge is 0.0104 e. The molecular formula is C15H24. The Morgan fingerprint density at radius 1 is 1.33 bits per heavy atom. The lowest BCUT2D eigenvalue weighted by atomic mass is 9.70. The fraction of sp³-hybridized carbons (Fsp3) is 0.867. The van der Waals surface area contributed by atoms with Crippen LogP contribution in [0, 0.1) is 35.0 Å². The molecule has 5 atom stereocenters. The van der Waals surface area contributed by atoms with Gasteiger partial charge in [0.1, 0.15) is 0 Å². The van der Waals surface area contributed by atoms with Crippen molar-refractivity contribution in [2.24, 2.45) is 35.0 Å². The summed E-state index contributed by atoms with van der Waals surface area (Å²) >= 11 is 0. The maximum atomic E-state index is 2.53. The topological polar surface area (TPSA) is 0 Å². The van der Waals surface area contributed by atoms with E-state index in [0.717, 1.165) is 35.0 Å². The highest BCUT2D eigenvalue weighted by Gasteiger charge is 2.71. The molecule has 0 aromatic rings. The summed E-state index contributed by atoms with van der Waals surface area (Å²) in [7, 11) is 0. The van der Waals surface area contributed by atoms with Crippen LogP contribution < -0.4 is 0 Å². The molecule has 2 saturated carbocycles. The van der Waals surface area contributed by atoms with Gasteiger partial charge in [-0.15, -0.1) is 0 Å². The Hall–Kier alpha value is -0.260. The number of hydrogen-bond donors (Lipinski definition) is 0. The van der Waals surface area contributed by atoms with Crippen LogP contribution in [0.25, 0.3) is 0 Å². The summed E-state index contributed by atoms with van der Waals surface area (Å²) in [6.07, 6.45) is 6.91. The van der Waals surface area contributed by atoms with Crippen LogP contribution in [0.2, 0.25) is 0 Å². The Morgan fingerprint density at radius 2 is 2.07 bits per heavy atom. The van der Waals surface area contributed by atoms with E-state index in [0.29, 0.717) is 0 Å². The average Bonchev–Trinajstić information content (AvgIpc) is 2.75. The summed E-state index contributed by atoms with van der Waals surface area (Å²) in [6, 6.07) is 0. The third-order valence-corrected chi connectivity index (χ3v) is 5.89. The van der Waals surface area contributed by atoms with E-state index in [2.05, 4.69) is 33.8 Å². The Labute approximate surface area is 94.1 Å². The molecule has 1 unspecified atom stereocenters. The second-order valence-corrected chi connectivity index (χ2v) is 6.65. The van der Waals surface area contributed by atoms with Crippen molar-refractivity contribution in [3.63, 3.8) is 0 Å². The molecule has 0 aliphatic heterocycles. The lowest BCUT2D eigenvalue weighted by Gasteiger charge is -2.35. The molecule has 0 aromatic heterocycles. The molecule has 2 fully saturated rings. The predicted molar refractivity (Wildman–Crippen MR) is 64.5 cm³/mol. The molecular weight excluding hydrogens is 180 g/mol. The van der Waals surface area contributed by atoms with Crippen molar-refractivity contribution in [3.8, 4) is 0 Å². The summed E-state index contributed by atoms with van der Waals surface area (Å²) in [6.45, 7) is 9.75. The normalized spacial score (nSPS) is 52.5. The minimum Gasteiger partial charge on any atom is -0.0847 e. The maximum Gasteiger partial charge on any atom is -0.0104 e. The number of allylic oxidation sites excluding steroid dienone is 2. The van der Waals surface area contributed by atoms with Crippen LogP contribution in [0.3, 0.4) is 0 Å². The van der Waals surface area contributed by atoms with Gasteiger partial charge in [-0.3, -0.25) is 0 Å². The van der Waals surface area contributed by atoms with E-state index in [-0.39, 0.29) is 0 Å². The fourth-order valence-corrected chi connectivity index (χ4v) is 5.05. The molecule has 0 radical (unpaired) electrons. The highest BCUT2D eigenvalue weighted by atomic mass is 14.8. The molecule has 3 aliphatic rings. The lowest BCUT2D eigenvalue weighted by molar-refractivity contribution is 0.149. The van der Waals surface area contributed by atoms with E-state index < -0.39 is 0 Å². The van der Waals surface area contributed by atoms with Gasteiger partial charge in [0.15, 0.2) is 0 Å². The summed E-state index contributed by atoms with van der Waals surface area (Å²) < 4.78 is 0. The van der Waals surface area contributed by atoms with Gasteiger partial charge in [-0.1, -0.05) is 32.4 Å². The third kappa shape index (κ3) is 1.04. The van der Waals surface area contributed by atoms with Gasteiger partial charge in [-0.25, -0.2) is 0 Å². The summed E-state index contributed by atoms with van der Waals surface area (Å²) in [4.78, 5) is 0. The molecule has 0 heteroatoms. The Bertz CT molecular complexity index is 312. The molecule has 0 saturated heterocycles. The Balaban J connectivity index is 1.91. The molecule has 1 spiro atoms. The Morgan fingerprint density at radius 3 is 2.73 bits per heavy atom. The SMILES string of the molecule is CC1=CCC23[C@@H]([C@@H]12)[C@H](C(C)C)CC[C@H]3C. The molecule has 3 aliphatic carbocycles. The Kier molecular flexibility index (Phi) is 1.92. The number of fused-ring (bicyclic) bond motifs is 1. The zero-order chi connectivity index (χ0) is 10.8. The first kappa shape index (κ1) is 9.93. The molecule has 0 bridgehead atoms. The van der Waals surface area contributed by atoms with Crippen LogP contribution in [-0.2, 0) is 0 Å². The van der Waals surface area contributed by atoms with E-state index in [1.807, 2.05) is 0 Å². The van der Waals surface area contributed by atoms with Gasteiger partial charge in [0, 0.05) is 0 Å². The first-order valence-electron chi connectivity index (χ1n) is 6.75. The van der Waals surface area contributed by atoms with E-state index in [9.17, 15) is 0 Å². The van der Waals surface area contributed by atoms with Crippen LogP contribution in [0.1, 0.15) is 47.0 Å². The van der Waals surface area contributed by atoms with Crippen LogP contribution in [0.15, 0.2) is 11.6 Å². The fourth-order valence-electron chi connectivity index (χ4n) is 5.05. The van der Waals surface area contributed by atoms with Crippen molar-refractivity contribution in [2.75, 3.05) is 0 Å². The zero-order valence-corrected chi connectivity index (χ0v) is 10.6.